The fourth-order valence-electron chi connectivity index (χ4n) is 1.63. The van der Waals surface area contributed by atoms with E-state index < -0.39 is 11.9 Å². The topological polar surface area (TPSA) is 66.4 Å². The third-order valence-electron chi connectivity index (χ3n) is 2.58. The number of hydrogen-bond donors (Lipinski definition) is 2. The molecule has 1 amide bonds. The van der Waals surface area contributed by atoms with Gasteiger partial charge in [-0.15, -0.1) is 0 Å². The highest BCUT2D eigenvalue weighted by atomic mass is 79.9. The monoisotopic (exact) mass is 387 g/mol. The molecule has 2 rings (SSSR count). The molecule has 0 unspecified atom stereocenters. The molecule has 0 aliphatic rings. The van der Waals surface area contributed by atoms with Crippen molar-refractivity contribution in [2.45, 2.75) is 0 Å². The van der Waals surface area contributed by atoms with Crippen LogP contribution in [0.25, 0.3) is 0 Å². The zero-order chi connectivity index (χ0) is 15.6. The lowest BCUT2D eigenvalue weighted by Gasteiger charge is -2.08. The summed E-state index contributed by atoms with van der Waals surface area (Å²) in [4.78, 5) is 23.1. The number of amides is 1. The molecule has 7 heteroatoms. The molecule has 0 aliphatic heterocycles. The van der Waals surface area contributed by atoms with Crippen LogP contribution in [0.3, 0.4) is 0 Å². The molecule has 2 N–H and O–H groups in total. The van der Waals surface area contributed by atoms with Gasteiger partial charge in [-0.3, -0.25) is 4.79 Å². The Bertz CT molecular complexity index is 734. The normalized spacial score (nSPS) is 10.2. The highest BCUT2D eigenvalue weighted by molar-refractivity contribution is 9.10. The molecule has 0 heterocycles. The van der Waals surface area contributed by atoms with Crippen LogP contribution in [0.4, 0.5) is 5.69 Å². The molecule has 0 aliphatic carbocycles. The molecule has 0 saturated carbocycles. The first kappa shape index (κ1) is 15.8. The van der Waals surface area contributed by atoms with Gasteiger partial charge in [0, 0.05) is 20.7 Å². The van der Waals surface area contributed by atoms with Crippen LogP contribution >= 0.6 is 39.1 Å². The quantitative estimate of drug-likeness (QED) is 0.800. The molecular formula is C14H8BrCl2NO3. The Morgan fingerprint density at radius 3 is 2.38 bits per heavy atom. The number of halogens is 3. The molecule has 2 aromatic rings. The number of aromatic carboxylic acids is 1. The van der Waals surface area contributed by atoms with Gasteiger partial charge in [0.1, 0.15) is 0 Å². The SMILES string of the molecule is O=C(O)c1cc(Cl)cc(NC(=O)c2ccc(Cl)c(Br)c2)c1. The molecule has 2 aromatic carbocycles. The second-order valence-corrected chi connectivity index (χ2v) is 5.81. The van der Waals surface area contributed by atoms with E-state index in [-0.39, 0.29) is 10.6 Å². The summed E-state index contributed by atoms with van der Waals surface area (Å²) in [5.41, 5.74) is 0.675. The van der Waals surface area contributed by atoms with Crippen molar-refractivity contribution in [1.29, 1.82) is 0 Å². The smallest absolute Gasteiger partial charge is 0.335 e. The van der Waals surface area contributed by atoms with Crippen molar-refractivity contribution < 1.29 is 14.7 Å². The number of nitrogens with one attached hydrogen (secondary N) is 1. The van der Waals surface area contributed by atoms with Crippen LogP contribution in [-0.2, 0) is 0 Å². The summed E-state index contributed by atoms with van der Waals surface area (Å²) in [6.07, 6.45) is 0. The van der Waals surface area contributed by atoms with Gasteiger partial charge in [-0.1, -0.05) is 23.2 Å². The van der Waals surface area contributed by atoms with Gasteiger partial charge in [0.15, 0.2) is 0 Å². The third kappa shape index (κ3) is 3.97. The van der Waals surface area contributed by atoms with Crippen molar-refractivity contribution in [3.8, 4) is 0 Å². The Hall–Kier alpha value is -1.56. The zero-order valence-electron chi connectivity index (χ0n) is 10.4. The third-order valence-corrected chi connectivity index (χ3v) is 4.02. The van der Waals surface area contributed by atoms with E-state index >= 15 is 0 Å². The van der Waals surface area contributed by atoms with Crippen molar-refractivity contribution in [2.75, 3.05) is 5.32 Å². The van der Waals surface area contributed by atoms with E-state index in [1.807, 2.05) is 0 Å². The molecule has 0 saturated heterocycles. The summed E-state index contributed by atoms with van der Waals surface area (Å²) >= 11 is 14.9. The fourth-order valence-corrected chi connectivity index (χ4v) is 2.36. The van der Waals surface area contributed by atoms with E-state index in [0.717, 1.165) is 0 Å². The van der Waals surface area contributed by atoms with Crippen LogP contribution in [0.5, 0.6) is 0 Å². The predicted molar refractivity (Wildman–Crippen MR) is 85.5 cm³/mol. The number of benzene rings is 2. The minimum Gasteiger partial charge on any atom is -0.478 e. The Kier molecular flexibility index (Phi) is 4.88. The maximum absolute atomic E-state index is 12.1. The van der Waals surface area contributed by atoms with Gasteiger partial charge >= 0.3 is 5.97 Å². The van der Waals surface area contributed by atoms with Crippen LogP contribution in [0, 0.1) is 0 Å². The molecule has 4 nitrogen and oxygen atoms in total. The molecule has 0 fully saturated rings. The standard InChI is InChI=1S/C14H8BrCl2NO3/c15-11-5-7(1-2-12(11)17)13(19)18-10-4-8(14(20)21)3-9(16)6-10/h1-6H,(H,18,19)(H,20,21). The van der Waals surface area contributed by atoms with Gasteiger partial charge < -0.3 is 10.4 Å². The summed E-state index contributed by atoms with van der Waals surface area (Å²) in [6.45, 7) is 0. The number of carboxylic acid groups (broad SMARTS) is 1. The minimum atomic E-state index is -1.12. The summed E-state index contributed by atoms with van der Waals surface area (Å²) in [5.74, 6) is -1.52. The van der Waals surface area contributed by atoms with E-state index in [1.54, 1.807) is 18.2 Å². The van der Waals surface area contributed by atoms with Crippen LogP contribution in [0.1, 0.15) is 20.7 Å². The summed E-state index contributed by atoms with van der Waals surface area (Å²) in [6, 6.07) is 8.82. The van der Waals surface area contributed by atoms with Crippen molar-refractivity contribution in [3.05, 3.63) is 62.0 Å². The van der Waals surface area contributed by atoms with Gasteiger partial charge in [0.05, 0.1) is 10.6 Å². The first-order chi connectivity index (χ1) is 9.86. The number of anilines is 1. The molecule has 0 spiro atoms. The van der Waals surface area contributed by atoms with Gasteiger partial charge in [0.2, 0.25) is 0 Å². The first-order valence-electron chi connectivity index (χ1n) is 5.67. The summed E-state index contributed by atoms with van der Waals surface area (Å²) in [7, 11) is 0. The molecule has 0 aromatic heterocycles. The van der Waals surface area contributed by atoms with E-state index in [2.05, 4.69) is 21.2 Å². The Morgan fingerprint density at radius 1 is 1.05 bits per heavy atom. The molecule has 0 bridgehead atoms. The molecule has 0 atom stereocenters. The van der Waals surface area contributed by atoms with Crippen LogP contribution in [0.15, 0.2) is 40.9 Å². The predicted octanol–water partition coefficient (Wildman–Crippen LogP) is 4.71. The number of carbonyl (C=O) groups excluding carboxylic acids is 1. The Balaban J connectivity index is 2.27. The second-order valence-electron chi connectivity index (χ2n) is 4.12. The zero-order valence-corrected chi connectivity index (χ0v) is 13.5. The fraction of sp³-hybridized carbons (Fsp3) is 0. The number of carbonyl (C=O) groups is 2. The van der Waals surface area contributed by atoms with Crippen molar-refractivity contribution in [2.24, 2.45) is 0 Å². The maximum Gasteiger partial charge on any atom is 0.335 e. The van der Waals surface area contributed by atoms with Crippen molar-refractivity contribution >= 4 is 56.7 Å². The lowest BCUT2D eigenvalue weighted by Crippen LogP contribution is -2.12. The summed E-state index contributed by atoms with van der Waals surface area (Å²) in [5, 5.41) is 12.3. The first-order valence-corrected chi connectivity index (χ1v) is 7.22. The van der Waals surface area contributed by atoms with Crippen molar-refractivity contribution in [3.63, 3.8) is 0 Å². The van der Waals surface area contributed by atoms with Crippen LogP contribution < -0.4 is 5.32 Å². The average Bonchev–Trinajstić information content (AvgIpc) is 2.41. The van der Waals surface area contributed by atoms with Crippen LogP contribution in [-0.4, -0.2) is 17.0 Å². The minimum absolute atomic E-state index is 0.00455. The van der Waals surface area contributed by atoms with Gasteiger partial charge in [-0.2, -0.15) is 0 Å². The average molecular weight is 389 g/mol. The maximum atomic E-state index is 12.1. The largest absolute Gasteiger partial charge is 0.478 e. The molecule has 21 heavy (non-hydrogen) atoms. The summed E-state index contributed by atoms with van der Waals surface area (Å²) < 4.78 is 0.592. The lowest BCUT2D eigenvalue weighted by molar-refractivity contribution is 0.0696. The van der Waals surface area contributed by atoms with Crippen LogP contribution in [0.2, 0.25) is 10.0 Å². The van der Waals surface area contributed by atoms with Gasteiger partial charge in [-0.05, 0) is 52.3 Å². The number of carboxylic acids is 1. The van der Waals surface area contributed by atoms with Gasteiger partial charge in [-0.25, -0.2) is 4.79 Å². The molecular weight excluding hydrogens is 381 g/mol. The number of hydrogen-bond acceptors (Lipinski definition) is 2. The highest BCUT2D eigenvalue weighted by Crippen LogP contribution is 2.24. The van der Waals surface area contributed by atoms with E-state index in [4.69, 9.17) is 28.3 Å². The highest BCUT2D eigenvalue weighted by Gasteiger charge is 2.11. The van der Waals surface area contributed by atoms with E-state index in [9.17, 15) is 9.59 Å². The number of rotatable bonds is 3. The lowest BCUT2D eigenvalue weighted by atomic mass is 10.1. The second kappa shape index (κ2) is 6.47. The Labute approximate surface area is 138 Å². The van der Waals surface area contributed by atoms with Crippen molar-refractivity contribution in [1.82, 2.24) is 0 Å². The Morgan fingerprint density at radius 2 is 1.76 bits per heavy atom. The van der Waals surface area contributed by atoms with E-state index in [0.29, 0.717) is 20.7 Å². The molecule has 0 radical (unpaired) electrons. The van der Waals surface area contributed by atoms with Gasteiger partial charge in [0.25, 0.3) is 5.91 Å². The molecule has 108 valence electrons. The van der Waals surface area contributed by atoms with E-state index in [1.165, 1.54) is 18.2 Å².